The standard InChI is InChI=1S/C14H12ClNS/c1-9-14(10-5-3-2-4-6-10)11-7-13(15)17-12(11)8-16-9/h2-7,14H,8H2,1H3. The second-order valence-electron chi connectivity index (χ2n) is 4.23. The molecular weight excluding hydrogens is 250 g/mol. The molecule has 0 bridgehead atoms. The highest BCUT2D eigenvalue weighted by atomic mass is 35.5. The van der Waals surface area contributed by atoms with E-state index in [9.17, 15) is 0 Å². The van der Waals surface area contributed by atoms with Gasteiger partial charge in [-0.05, 0) is 24.1 Å². The molecule has 0 amide bonds. The molecule has 0 radical (unpaired) electrons. The van der Waals surface area contributed by atoms with Crippen LogP contribution < -0.4 is 0 Å². The number of thiophene rings is 1. The normalized spacial score (nSPS) is 18.7. The lowest BCUT2D eigenvalue weighted by molar-refractivity contribution is 0.941. The van der Waals surface area contributed by atoms with Crippen LogP contribution in [-0.2, 0) is 6.54 Å². The first-order chi connectivity index (χ1) is 8.25. The van der Waals surface area contributed by atoms with Crippen molar-refractivity contribution in [3.05, 3.63) is 56.7 Å². The Morgan fingerprint density at radius 2 is 2.06 bits per heavy atom. The van der Waals surface area contributed by atoms with E-state index in [1.807, 2.05) is 6.07 Å². The van der Waals surface area contributed by atoms with E-state index in [2.05, 4.69) is 42.2 Å². The summed E-state index contributed by atoms with van der Waals surface area (Å²) in [6, 6.07) is 12.6. The molecule has 1 nitrogen and oxygen atoms in total. The predicted molar refractivity (Wildman–Crippen MR) is 74.4 cm³/mol. The van der Waals surface area contributed by atoms with Gasteiger partial charge in [0.1, 0.15) is 0 Å². The van der Waals surface area contributed by atoms with Crippen LogP contribution in [-0.4, -0.2) is 5.71 Å². The van der Waals surface area contributed by atoms with Crippen molar-refractivity contribution in [2.24, 2.45) is 4.99 Å². The maximum atomic E-state index is 6.12. The number of hydrogen-bond acceptors (Lipinski definition) is 2. The van der Waals surface area contributed by atoms with Crippen LogP contribution >= 0.6 is 22.9 Å². The van der Waals surface area contributed by atoms with E-state index in [1.54, 1.807) is 11.3 Å². The van der Waals surface area contributed by atoms with Gasteiger partial charge in [-0.15, -0.1) is 11.3 Å². The fourth-order valence-electron chi connectivity index (χ4n) is 2.36. The molecule has 3 rings (SSSR count). The van der Waals surface area contributed by atoms with Gasteiger partial charge >= 0.3 is 0 Å². The number of halogens is 1. The number of rotatable bonds is 1. The van der Waals surface area contributed by atoms with Crippen LogP contribution in [0.1, 0.15) is 28.8 Å². The molecule has 0 N–H and O–H groups in total. The quantitative estimate of drug-likeness (QED) is 0.716. The van der Waals surface area contributed by atoms with Gasteiger partial charge in [0.2, 0.25) is 0 Å². The third-order valence-corrected chi connectivity index (χ3v) is 4.41. The van der Waals surface area contributed by atoms with E-state index in [0.717, 1.165) is 10.9 Å². The van der Waals surface area contributed by atoms with Gasteiger partial charge in [-0.2, -0.15) is 0 Å². The molecule has 1 aromatic heterocycles. The fraction of sp³-hybridized carbons (Fsp3) is 0.214. The van der Waals surface area contributed by atoms with E-state index in [1.165, 1.54) is 21.7 Å². The Morgan fingerprint density at radius 3 is 2.82 bits per heavy atom. The van der Waals surface area contributed by atoms with E-state index in [4.69, 9.17) is 11.6 Å². The first kappa shape index (κ1) is 11.0. The highest BCUT2D eigenvalue weighted by Gasteiger charge is 2.25. The molecule has 0 fully saturated rings. The lowest BCUT2D eigenvalue weighted by atomic mass is 9.86. The topological polar surface area (TPSA) is 12.4 Å². The highest BCUT2D eigenvalue weighted by Crippen LogP contribution is 2.39. The van der Waals surface area contributed by atoms with Crippen LogP contribution in [0.5, 0.6) is 0 Å². The van der Waals surface area contributed by atoms with Crippen LogP contribution in [0.3, 0.4) is 0 Å². The number of nitrogens with zero attached hydrogens (tertiary/aromatic N) is 1. The fourth-order valence-corrected chi connectivity index (χ4v) is 3.60. The molecule has 1 atom stereocenters. The van der Waals surface area contributed by atoms with Gasteiger partial charge < -0.3 is 0 Å². The number of benzene rings is 1. The van der Waals surface area contributed by atoms with Gasteiger partial charge in [-0.3, -0.25) is 4.99 Å². The molecule has 1 aromatic carbocycles. The summed E-state index contributed by atoms with van der Waals surface area (Å²) in [6.07, 6.45) is 0. The number of fused-ring (bicyclic) bond motifs is 1. The van der Waals surface area contributed by atoms with E-state index in [-0.39, 0.29) is 5.92 Å². The molecule has 1 unspecified atom stereocenters. The van der Waals surface area contributed by atoms with Crippen molar-refractivity contribution in [3.63, 3.8) is 0 Å². The molecular formula is C14H12ClNS. The summed E-state index contributed by atoms with van der Waals surface area (Å²) in [6.45, 7) is 2.88. The second kappa shape index (κ2) is 4.28. The minimum absolute atomic E-state index is 0.281. The minimum atomic E-state index is 0.281. The highest BCUT2D eigenvalue weighted by molar-refractivity contribution is 7.16. The first-order valence-corrected chi connectivity index (χ1v) is 6.79. The summed E-state index contributed by atoms with van der Waals surface area (Å²) in [5.74, 6) is 0.281. The van der Waals surface area contributed by atoms with Crippen molar-refractivity contribution in [1.29, 1.82) is 0 Å². The van der Waals surface area contributed by atoms with E-state index < -0.39 is 0 Å². The molecule has 0 saturated carbocycles. The largest absolute Gasteiger partial charge is 0.288 e. The summed E-state index contributed by atoms with van der Waals surface area (Å²) < 4.78 is 0.862. The summed E-state index contributed by atoms with van der Waals surface area (Å²) >= 11 is 7.77. The van der Waals surface area contributed by atoms with Crippen LogP contribution in [0.4, 0.5) is 0 Å². The molecule has 3 heteroatoms. The third kappa shape index (κ3) is 1.92. The van der Waals surface area contributed by atoms with Crippen molar-refractivity contribution in [1.82, 2.24) is 0 Å². The number of aliphatic imine (C=N–C) groups is 1. The van der Waals surface area contributed by atoms with Gasteiger partial charge in [-0.1, -0.05) is 41.9 Å². The third-order valence-electron chi connectivity index (χ3n) is 3.15. The zero-order valence-corrected chi connectivity index (χ0v) is 11.1. The van der Waals surface area contributed by atoms with Gasteiger partial charge in [0, 0.05) is 16.5 Å². The molecule has 2 heterocycles. The average Bonchev–Trinajstić information content (AvgIpc) is 2.70. The zero-order valence-electron chi connectivity index (χ0n) is 9.48. The lowest BCUT2D eigenvalue weighted by Gasteiger charge is -2.22. The molecule has 0 aliphatic carbocycles. The van der Waals surface area contributed by atoms with Crippen molar-refractivity contribution in [2.75, 3.05) is 0 Å². The monoisotopic (exact) mass is 261 g/mol. The van der Waals surface area contributed by atoms with Crippen LogP contribution in [0.2, 0.25) is 4.34 Å². The van der Waals surface area contributed by atoms with Gasteiger partial charge in [0.25, 0.3) is 0 Å². The second-order valence-corrected chi connectivity index (χ2v) is 6.00. The van der Waals surface area contributed by atoms with Crippen LogP contribution in [0.25, 0.3) is 0 Å². The SMILES string of the molecule is CC1=NCc2sc(Cl)cc2C1c1ccccc1. The van der Waals surface area contributed by atoms with Gasteiger partial charge in [-0.25, -0.2) is 0 Å². The Hall–Kier alpha value is -1.12. The smallest absolute Gasteiger partial charge is 0.0935 e. The molecule has 1 aliphatic heterocycles. The lowest BCUT2D eigenvalue weighted by Crippen LogP contribution is -2.15. The first-order valence-electron chi connectivity index (χ1n) is 5.59. The van der Waals surface area contributed by atoms with Crippen molar-refractivity contribution in [3.8, 4) is 0 Å². The van der Waals surface area contributed by atoms with E-state index in [0.29, 0.717) is 0 Å². The molecule has 86 valence electrons. The maximum absolute atomic E-state index is 6.12. The van der Waals surface area contributed by atoms with Crippen molar-refractivity contribution >= 4 is 28.6 Å². The molecule has 0 spiro atoms. The van der Waals surface area contributed by atoms with Crippen LogP contribution in [0, 0.1) is 0 Å². The van der Waals surface area contributed by atoms with Crippen molar-refractivity contribution < 1.29 is 0 Å². The average molecular weight is 262 g/mol. The summed E-state index contributed by atoms with van der Waals surface area (Å²) in [5.41, 5.74) is 3.81. The summed E-state index contributed by atoms with van der Waals surface area (Å²) in [5, 5.41) is 0. The predicted octanol–water partition coefficient (Wildman–Crippen LogP) is 4.51. The molecule has 17 heavy (non-hydrogen) atoms. The number of hydrogen-bond donors (Lipinski definition) is 0. The van der Waals surface area contributed by atoms with E-state index >= 15 is 0 Å². The van der Waals surface area contributed by atoms with Gasteiger partial charge in [0.15, 0.2) is 0 Å². The van der Waals surface area contributed by atoms with Crippen LogP contribution in [0.15, 0.2) is 41.4 Å². The Bertz CT molecular complexity index is 571. The molecule has 2 aromatic rings. The Labute approximate surface area is 110 Å². The molecule has 1 aliphatic rings. The minimum Gasteiger partial charge on any atom is -0.288 e. The van der Waals surface area contributed by atoms with Gasteiger partial charge in [0.05, 0.1) is 10.9 Å². The zero-order chi connectivity index (χ0) is 11.8. The van der Waals surface area contributed by atoms with Crippen molar-refractivity contribution in [2.45, 2.75) is 19.4 Å². The Kier molecular flexibility index (Phi) is 2.77. The molecule has 0 saturated heterocycles. The maximum Gasteiger partial charge on any atom is 0.0935 e. The summed E-state index contributed by atoms with van der Waals surface area (Å²) in [4.78, 5) is 5.91. The summed E-state index contributed by atoms with van der Waals surface area (Å²) in [7, 11) is 0. The Balaban J connectivity index is 2.13. The Morgan fingerprint density at radius 1 is 1.29 bits per heavy atom.